The maximum atomic E-state index is 12.6. The molecular weight excluding hydrogens is 252 g/mol. The van der Waals surface area contributed by atoms with Crippen molar-refractivity contribution in [2.45, 2.75) is 40.2 Å². The van der Waals surface area contributed by atoms with E-state index < -0.39 is 0 Å². The van der Waals surface area contributed by atoms with E-state index >= 15 is 0 Å². The van der Waals surface area contributed by atoms with Crippen molar-refractivity contribution in [2.24, 2.45) is 0 Å². The first-order chi connectivity index (χ1) is 9.45. The lowest BCUT2D eigenvalue weighted by Gasteiger charge is -2.39. The Labute approximate surface area is 120 Å². The molecule has 2 rings (SSSR count). The van der Waals surface area contributed by atoms with Gasteiger partial charge in [-0.3, -0.25) is 9.59 Å². The third-order valence-corrected chi connectivity index (χ3v) is 3.93. The molecule has 1 aliphatic rings. The number of aryl methyl sites for hydroxylation is 2. The summed E-state index contributed by atoms with van der Waals surface area (Å²) in [5.41, 5.74) is 3.19. The molecule has 1 aromatic rings. The molecule has 1 fully saturated rings. The summed E-state index contributed by atoms with van der Waals surface area (Å²) in [5, 5.41) is 0. The number of amides is 2. The Bertz CT molecular complexity index is 539. The van der Waals surface area contributed by atoms with E-state index in [4.69, 9.17) is 0 Å². The number of hydrogen-bond acceptors (Lipinski definition) is 2. The van der Waals surface area contributed by atoms with Crippen LogP contribution in [0.25, 0.3) is 0 Å². The molecule has 0 bridgehead atoms. The average molecular weight is 274 g/mol. The van der Waals surface area contributed by atoms with E-state index in [1.807, 2.05) is 50.8 Å². The molecule has 1 unspecified atom stereocenters. The zero-order chi connectivity index (χ0) is 14.9. The Kier molecular flexibility index (Phi) is 4.12. The zero-order valence-electron chi connectivity index (χ0n) is 12.6. The number of carbonyl (C=O) groups is 2. The third kappa shape index (κ3) is 2.55. The van der Waals surface area contributed by atoms with Crippen LogP contribution in [0.15, 0.2) is 18.2 Å². The highest BCUT2D eigenvalue weighted by Crippen LogP contribution is 2.25. The molecule has 4 nitrogen and oxygen atoms in total. The van der Waals surface area contributed by atoms with Crippen LogP contribution in [0.4, 0.5) is 5.69 Å². The first kappa shape index (κ1) is 14.6. The highest BCUT2D eigenvalue weighted by atomic mass is 16.2. The van der Waals surface area contributed by atoms with Crippen LogP contribution >= 0.6 is 0 Å². The third-order valence-electron chi connectivity index (χ3n) is 3.93. The number of hydrogen-bond donors (Lipinski definition) is 0. The molecule has 0 aliphatic carbocycles. The van der Waals surface area contributed by atoms with Crippen molar-refractivity contribution in [3.05, 3.63) is 29.3 Å². The molecule has 108 valence electrons. The topological polar surface area (TPSA) is 40.6 Å². The van der Waals surface area contributed by atoms with E-state index in [0.717, 1.165) is 16.8 Å². The van der Waals surface area contributed by atoms with E-state index in [1.165, 1.54) is 0 Å². The Morgan fingerprint density at radius 1 is 1.30 bits per heavy atom. The van der Waals surface area contributed by atoms with Gasteiger partial charge in [0.05, 0.1) is 0 Å². The van der Waals surface area contributed by atoms with Gasteiger partial charge in [-0.2, -0.15) is 0 Å². The first-order valence-corrected chi connectivity index (χ1v) is 7.13. The van der Waals surface area contributed by atoms with Crippen molar-refractivity contribution in [3.8, 4) is 0 Å². The van der Waals surface area contributed by atoms with Gasteiger partial charge in [0, 0.05) is 25.2 Å². The lowest BCUT2D eigenvalue weighted by Crippen LogP contribution is -2.57. The molecule has 0 radical (unpaired) electrons. The fourth-order valence-corrected chi connectivity index (χ4v) is 2.66. The second-order valence-electron chi connectivity index (χ2n) is 5.40. The number of rotatable bonds is 2. The fourth-order valence-electron chi connectivity index (χ4n) is 2.66. The number of nitrogens with zero attached hydrogens (tertiary/aromatic N) is 2. The summed E-state index contributed by atoms with van der Waals surface area (Å²) in [5.74, 6) is 0.0539. The minimum atomic E-state index is -0.379. The predicted molar refractivity (Wildman–Crippen MR) is 79.7 cm³/mol. The SMILES string of the molecule is CCC(=O)N1CCN(c2cc(C)ccc2C)C(=O)C1C. The van der Waals surface area contributed by atoms with Gasteiger partial charge in [-0.05, 0) is 38.0 Å². The largest absolute Gasteiger partial charge is 0.329 e. The van der Waals surface area contributed by atoms with E-state index in [-0.39, 0.29) is 17.9 Å². The molecule has 1 heterocycles. The smallest absolute Gasteiger partial charge is 0.249 e. The van der Waals surface area contributed by atoms with Crippen LogP contribution < -0.4 is 4.90 Å². The number of benzene rings is 1. The molecule has 1 aromatic carbocycles. The van der Waals surface area contributed by atoms with Crippen molar-refractivity contribution in [3.63, 3.8) is 0 Å². The Balaban J connectivity index is 2.27. The van der Waals surface area contributed by atoms with Crippen LogP contribution in [-0.4, -0.2) is 35.8 Å². The molecule has 2 amide bonds. The number of carbonyl (C=O) groups excluding carboxylic acids is 2. The maximum Gasteiger partial charge on any atom is 0.249 e. The highest BCUT2D eigenvalue weighted by molar-refractivity contribution is 6.00. The molecule has 0 N–H and O–H groups in total. The van der Waals surface area contributed by atoms with Gasteiger partial charge >= 0.3 is 0 Å². The van der Waals surface area contributed by atoms with Crippen LogP contribution in [0.3, 0.4) is 0 Å². The quantitative estimate of drug-likeness (QED) is 0.830. The van der Waals surface area contributed by atoms with E-state index in [2.05, 4.69) is 0 Å². The number of anilines is 1. The summed E-state index contributed by atoms with van der Waals surface area (Å²) in [6.45, 7) is 8.85. The Hall–Kier alpha value is -1.84. The van der Waals surface area contributed by atoms with Crippen molar-refractivity contribution in [1.82, 2.24) is 4.90 Å². The first-order valence-electron chi connectivity index (χ1n) is 7.13. The second kappa shape index (κ2) is 5.65. The fraction of sp³-hybridized carbons (Fsp3) is 0.500. The molecule has 1 atom stereocenters. The van der Waals surface area contributed by atoms with Gasteiger partial charge in [-0.1, -0.05) is 19.1 Å². The minimum Gasteiger partial charge on any atom is -0.329 e. The predicted octanol–water partition coefficient (Wildman–Crippen LogP) is 2.28. The standard InChI is InChI=1S/C16H22N2O2/c1-5-15(19)17-8-9-18(16(20)13(17)4)14-10-11(2)6-7-12(14)3/h6-7,10,13H,5,8-9H2,1-4H3. The minimum absolute atomic E-state index is 0.00625. The Morgan fingerprint density at radius 2 is 2.00 bits per heavy atom. The molecule has 1 aliphatic heterocycles. The van der Waals surface area contributed by atoms with Gasteiger partial charge in [0.15, 0.2) is 0 Å². The summed E-state index contributed by atoms with van der Waals surface area (Å²) in [6, 6.07) is 5.74. The summed E-state index contributed by atoms with van der Waals surface area (Å²) in [6.07, 6.45) is 0.446. The Morgan fingerprint density at radius 3 is 2.65 bits per heavy atom. The van der Waals surface area contributed by atoms with Gasteiger partial charge in [-0.25, -0.2) is 0 Å². The van der Waals surface area contributed by atoms with Gasteiger partial charge in [0.1, 0.15) is 6.04 Å². The van der Waals surface area contributed by atoms with Crippen LogP contribution in [0.5, 0.6) is 0 Å². The summed E-state index contributed by atoms with van der Waals surface area (Å²) in [4.78, 5) is 27.9. The van der Waals surface area contributed by atoms with Crippen LogP contribution in [-0.2, 0) is 9.59 Å². The number of piperazine rings is 1. The molecule has 4 heteroatoms. The van der Waals surface area contributed by atoms with Gasteiger partial charge in [-0.15, -0.1) is 0 Å². The highest BCUT2D eigenvalue weighted by Gasteiger charge is 2.34. The molecule has 1 saturated heterocycles. The second-order valence-corrected chi connectivity index (χ2v) is 5.40. The van der Waals surface area contributed by atoms with Crippen molar-refractivity contribution < 1.29 is 9.59 Å². The van der Waals surface area contributed by atoms with Crippen LogP contribution in [0.2, 0.25) is 0 Å². The van der Waals surface area contributed by atoms with Crippen molar-refractivity contribution in [1.29, 1.82) is 0 Å². The van der Waals surface area contributed by atoms with E-state index in [0.29, 0.717) is 19.5 Å². The summed E-state index contributed by atoms with van der Waals surface area (Å²) in [7, 11) is 0. The molecule has 0 saturated carbocycles. The summed E-state index contributed by atoms with van der Waals surface area (Å²) < 4.78 is 0. The van der Waals surface area contributed by atoms with Crippen molar-refractivity contribution >= 4 is 17.5 Å². The van der Waals surface area contributed by atoms with Gasteiger partial charge in [0.25, 0.3) is 0 Å². The van der Waals surface area contributed by atoms with Crippen LogP contribution in [0, 0.1) is 13.8 Å². The van der Waals surface area contributed by atoms with Crippen molar-refractivity contribution in [2.75, 3.05) is 18.0 Å². The normalized spacial score (nSPS) is 19.4. The summed E-state index contributed by atoms with van der Waals surface area (Å²) >= 11 is 0. The van der Waals surface area contributed by atoms with Gasteiger partial charge < -0.3 is 9.80 Å². The molecule has 20 heavy (non-hydrogen) atoms. The average Bonchev–Trinajstić information content (AvgIpc) is 2.44. The van der Waals surface area contributed by atoms with E-state index in [1.54, 1.807) is 4.90 Å². The lowest BCUT2D eigenvalue weighted by atomic mass is 10.1. The lowest BCUT2D eigenvalue weighted by molar-refractivity contribution is -0.140. The molecule has 0 aromatic heterocycles. The molecule has 0 spiro atoms. The van der Waals surface area contributed by atoms with Gasteiger partial charge in [0.2, 0.25) is 11.8 Å². The maximum absolute atomic E-state index is 12.6. The zero-order valence-corrected chi connectivity index (χ0v) is 12.6. The van der Waals surface area contributed by atoms with Crippen LogP contribution in [0.1, 0.15) is 31.4 Å². The molecular formula is C16H22N2O2. The van der Waals surface area contributed by atoms with E-state index in [9.17, 15) is 9.59 Å². The monoisotopic (exact) mass is 274 g/mol.